The average molecular weight is 406 g/mol. The van der Waals surface area contributed by atoms with Crippen molar-refractivity contribution in [3.63, 3.8) is 0 Å². The van der Waals surface area contributed by atoms with Crippen LogP contribution >= 0.6 is 0 Å². The summed E-state index contributed by atoms with van der Waals surface area (Å²) in [6.45, 7) is 0.953. The molecule has 1 aromatic carbocycles. The Bertz CT molecular complexity index is 903. The molecule has 2 aromatic rings. The van der Waals surface area contributed by atoms with Crippen LogP contribution in [0.2, 0.25) is 0 Å². The molecule has 0 bridgehead atoms. The fraction of sp³-hybridized carbons (Fsp3) is 0.391. The van der Waals surface area contributed by atoms with Crippen molar-refractivity contribution in [3.8, 4) is 0 Å². The minimum Gasteiger partial charge on any atom is -0.336 e. The van der Waals surface area contributed by atoms with Gasteiger partial charge in [0.15, 0.2) is 0 Å². The number of rotatable bonds is 6. The lowest BCUT2D eigenvalue weighted by atomic mass is 9.95. The Morgan fingerprint density at radius 3 is 2.70 bits per heavy atom. The van der Waals surface area contributed by atoms with E-state index in [1.165, 1.54) is 4.90 Å². The third-order valence-electron chi connectivity index (χ3n) is 5.83. The molecule has 2 fully saturated rings. The van der Waals surface area contributed by atoms with Crippen LogP contribution in [0.4, 0.5) is 4.79 Å². The molecule has 1 unspecified atom stereocenters. The maximum Gasteiger partial charge on any atom is 0.325 e. The van der Waals surface area contributed by atoms with Crippen LogP contribution in [0.25, 0.3) is 0 Å². The largest absolute Gasteiger partial charge is 0.336 e. The Balaban J connectivity index is 1.36. The number of carbonyl (C=O) groups excluding carboxylic acids is 3. The number of hydrogen-bond acceptors (Lipinski definition) is 4. The fourth-order valence-electron chi connectivity index (χ4n) is 4.25. The summed E-state index contributed by atoms with van der Waals surface area (Å²) in [5, 5.41) is 2.73. The molecule has 1 N–H and O–H groups in total. The van der Waals surface area contributed by atoms with Gasteiger partial charge in [-0.25, -0.2) is 4.79 Å². The van der Waals surface area contributed by atoms with E-state index in [0.29, 0.717) is 13.0 Å². The summed E-state index contributed by atoms with van der Waals surface area (Å²) in [4.78, 5) is 45.3. The first-order valence-electron chi connectivity index (χ1n) is 10.5. The first-order valence-corrected chi connectivity index (χ1v) is 10.5. The highest BCUT2D eigenvalue weighted by Crippen LogP contribution is 2.31. The zero-order chi connectivity index (χ0) is 20.9. The normalized spacial score (nSPS) is 21.6. The standard InChI is InChI=1S/C23H26N4O3/c28-21(26-14-5-4-10-20(26)18-9-6-13-24-15-18)12-11-19-22(29)27(23(30)25-19)16-17-7-2-1-3-8-17/h1-3,6-9,13,15,19-20H,4-5,10-12,14,16H2,(H,25,30)/t19?,20-/m0/s1. The van der Waals surface area contributed by atoms with Crippen LogP contribution < -0.4 is 5.32 Å². The Morgan fingerprint density at radius 1 is 1.10 bits per heavy atom. The summed E-state index contributed by atoms with van der Waals surface area (Å²) < 4.78 is 0. The fourth-order valence-corrected chi connectivity index (χ4v) is 4.25. The quantitative estimate of drug-likeness (QED) is 0.748. The highest BCUT2D eigenvalue weighted by molar-refractivity contribution is 6.04. The summed E-state index contributed by atoms with van der Waals surface area (Å²) in [5.41, 5.74) is 1.94. The van der Waals surface area contributed by atoms with Crippen LogP contribution in [0.3, 0.4) is 0 Å². The highest BCUT2D eigenvalue weighted by atomic mass is 16.2. The minimum atomic E-state index is -0.646. The van der Waals surface area contributed by atoms with E-state index in [4.69, 9.17) is 0 Å². The smallest absolute Gasteiger partial charge is 0.325 e. The number of aromatic nitrogens is 1. The topological polar surface area (TPSA) is 82.6 Å². The number of amides is 4. The predicted octanol–water partition coefficient (Wildman–Crippen LogP) is 3.04. The van der Waals surface area contributed by atoms with Crippen LogP contribution in [0, 0.1) is 0 Å². The molecular weight excluding hydrogens is 380 g/mol. The number of likely N-dealkylation sites (tertiary alicyclic amines) is 1. The van der Waals surface area contributed by atoms with Gasteiger partial charge >= 0.3 is 6.03 Å². The number of nitrogens with zero attached hydrogens (tertiary/aromatic N) is 3. The lowest BCUT2D eigenvalue weighted by Gasteiger charge is -2.36. The SMILES string of the molecule is O=C1NC(CCC(=O)N2CCCC[C@H]2c2cccnc2)C(=O)N1Cc1ccccc1. The lowest BCUT2D eigenvalue weighted by molar-refractivity contribution is -0.135. The van der Waals surface area contributed by atoms with Crippen molar-refractivity contribution in [2.45, 2.75) is 50.7 Å². The van der Waals surface area contributed by atoms with E-state index in [9.17, 15) is 14.4 Å². The van der Waals surface area contributed by atoms with Gasteiger partial charge in [0.2, 0.25) is 5.91 Å². The van der Waals surface area contributed by atoms with Crippen LogP contribution in [0.5, 0.6) is 0 Å². The van der Waals surface area contributed by atoms with Crippen molar-refractivity contribution >= 4 is 17.8 Å². The second-order valence-corrected chi connectivity index (χ2v) is 7.84. The summed E-state index contributed by atoms with van der Waals surface area (Å²) >= 11 is 0. The number of piperidine rings is 1. The van der Waals surface area contributed by atoms with E-state index in [1.54, 1.807) is 6.20 Å². The molecule has 0 aliphatic carbocycles. The molecule has 2 aliphatic heterocycles. The van der Waals surface area contributed by atoms with Gasteiger partial charge < -0.3 is 10.2 Å². The van der Waals surface area contributed by atoms with Crippen LogP contribution in [-0.2, 0) is 16.1 Å². The Morgan fingerprint density at radius 2 is 1.93 bits per heavy atom. The van der Waals surface area contributed by atoms with E-state index in [2.05, 4.69) is 10.3 Å². The molecule has 0 spiro atoms. The molecule has 4 amide bonds. The van der Waals surface area contributed by atoms with Gasteiger partial charge in [0.1, 0.15) is 6.04 Å². The number of benzene rings is 1. The molecule has 2 atom stereocenters. The molecule has 7 nitrogen and oxygen atoms in total. The number of imide groups is 1. The Kier molecular flexibility index (Phi) is 6.07. The summed E-state index contributed by atoms with van der Waals surface area (Å²) in [7, 11) is 0. The average Bonchev–Trinajstić information content (AvgIpc) is 3.06. The second-order valence-electron chi connectivity index (χ2n) is 7.84. The van der Waals surface area contributed by atoms with Crippen molar-refractivity contribution in [3.05, 3.63) is 66.0 Å². The molecule has 4 rings (SSSR count). The molecule has 2 aliphatic rings. The Hall–Kier alpha value is -3.22. The first kappa shape index (κ1) is 20.1. The number of pyridine rings is 1. The molecule has 3 heterocycles. The van der Waals surface area contributed by atoms with E-state index in [0.717, 1.165) is 30.4 Å². The molecular formula is C23H26N4O3. The zero-order valence-corrected chi connectivity index (χ0v) is 16.9. The van der Waals surface area contributed by atoms with Crippen molar-refractivity contribution in [1.29, 1.82) is 0 Å². The third-order valence-corrected chi connectivity index (χ3v) is 5.83. The van der Waals surface area contributed by atoms with Gasteiger partial charge in [-0.05, 0) is 42.9 Å². The molecule has 0 saturated carbocycles. The van der Waals surface area contributed by atoms with Gasteiger partial charge in [0.05, 0.1) is 12.6 Å². The van der Waals surface area contributed by atoms with Crippen molar-refractivity contribution in [1.82, 2.24) is 20.1 Å². The van der Waals surface area contributed by atoms with Crippen molar-refractivity contribution in [2.75, 3.05) is 6.54 Å². The molecule has 156 valence electrons. The third kappa shape index (κ3) is 4.35. The van der Waals surface area contributed by atoms with Crippen LogP contribution in [0.1, 0.15) is 49.3 Å². The highest BCUT2D eigenvalue weighted by Gasteiger charge is 2.38. The maximum absolute atomic E-state index is 13.0. The maximum atomic E-state index is 13.0. The van der Waals surface area contributed by atoms with Gasteiger partial charge in [0, 0.05) is 25.4 Å². The summed E-state index contributed by atoms with van der Waals surface area (Å²) in [5.74, 6) is -0.244. The number of hydrogen-bond donors (Lipinski definition) is 1. The molecule has 0 radical (unpaired) electrons. The van der Waals surface area contributed by atoms with E-state index in [1.807, 2.05) is 53.6 Å². The van der Waals surface area contributed by atoms with Gasteiger partial charge in [-0.1, -0.05) is 36.4 Å². The molecule has 2 saturated heterocycles. The van der Waals surface area contributed by atoms with Crippen molar-refractivity contribution in [2.24, 2.45) is 0 Å². The number of nitrogens with one attached hydrogen (secondary N) is 1. The van der Waals surface area contributed by atoms with Crippen LogP contribution in [0.15, 0.2) is 54.9 Å². The number of carbonyl (C=O) groups is 3. The summed E-state index contributed by atoms with van der Waals surface area (Å²) in [6.07, 6.45) is 7.06. The van der Waals surface area contributed by atoms with Crippen molar-refractivity contribution < 1.29 is 14.4 Å². The molecule has 1 aromatic heterocycles. The van der Waals surface area contributed by atoms with E-state index < -0.39 is 12.1 Å². The monoisotopic (exact) mass is 406 g/mol. The van der Waals surface area contributed by atoms with Gasteiger partial charge in [-0.3, -0.25) is 19.5 Å². The zero-order valence-electron chi connectivity index (χ0n) is 16.9. The first-order chi connectivity index (χ1) is 14.6. The van der Waals surface area contributed by atoms with Gasteiger partial charge in [0.25, 0.3) is 5.91 Å². The Labute approximate surface area is 176 Å². The summed E-state index contributed by atoms with van der Waals surface area (Å²) in [6, 6.07) is 12.3. The van der Waals surface area contributed by atoms with E-state index in [-0.39, 0.29) is 30.8 Å². The van der Waals surface area contributed by atoms with Gasteiger partial charge in [-0.15, -0.1) is 0 Å². The van der Waals surface area contributed by atoms with Crippen LogP contribution in [-0.4, -0.2) is 45.2 Å². The lowest BCUT2D eigenvalue weighted by Crippen LogP contribution is -2.39. The second kappa shape index (κ2) is 9.07. The van der Waals surface area contributed by atoms with Gasteiger partial charge in [-0.2, -0.15) is 0 Å². The van der Waals surface area contributed by atoms with E-state index >= 15 is 0 Å². The number of urea groups is 1. The molecule has 30 heavy (non-hydrogen) atoms. The minimum absolute atomic E-state index is 0.0205. The molecule has 7 heteroatoms. The predicted molar refractivity (Wildman–Crippen MR) is 111 cm³/mol.